The van der Waals surface area contributed by atoms with Crippen molar-refractivity contribution in [1.82, 2.24) is 19.8 Å². The largest absolute Gasteiger partial charge is 0.484 e. The van der Waals surface area contributed by atoms with Gasteiger partial charge in [0, 0.05) is 66.8 Å². The van der Waals surface area contributed by atoms with E-state index in [4.69, 9.17) is 42.5 Å². The molecule has 4 aliphatic rings. The number of nitro benzene ring substituents is 2. The Morgan fingerprint density at radius 3 is 1.85 bits per heavy atom. The predicted octanol–water partition coefficient (Wildman–Crippen LogP) is 11.1. The van der Waals surface area contributed by atoms with Crippen molar-refractivity contribution < 1.29 is 42.3 Å². The summed E-state index contributed by atoms with van der Waals surface area (Å²) in [6.45, 7) is 4.70. The van der Waals surface area contributed by atoms with Crippen molar-refractivity contribution in [2.75, 3.05) is 64.1 Å². The van der Waals surface area contributed by atoms with Gasteiger partial charge in [0.15, 0.2) is 5.75 Å². The van der Waals surface area contributed by atoms with E-state index in [2.05, 4.69) is 44.5 Å². The number of nitrogens with zero attached hydrogens (tertiary/aromatic N) is 6. The van der Waals surface area contributed by atoms with E-state index in [1.54, 1.807) is 18.2 Å². The van der Waals surface area contributed by atoms with Crippen molar-refractivity contribution >= 4 is 79.1 Å². The van der Waals surface area contributed by atoms with Crippen molar-refractivity contribution in [2.45, 2.75) is 74.8 Å². The molecule has 2 spiro atoms. The summed E-state index contributed by atoms with van der Waals surface area (Å²) in [5, 5.41) is 39.1. The van der Waals surface area contributed by atoms with Gasteiger partial charge in [-0.3, -0.25) is 20.2 Å². The van der Waals surface area contributed by atoms with E-state index in [9.17, 15) is 33.4 Å². The maximum Gasteiger partial charge on any atom is 0.311 e. The van der Waals surface area contributed by atoms with Crippen LogP contribution in [0.5, 0.6) is 5.75 Å². The van der Waals surface area contributed by atoms with Crippen LogP contribution in [-0.2, 0) is 9.47 Å². The summed E-state index contributed by atoms with van der Waals surface area (Å²) in [4.78, 5) is 34.6. The number of aliphatic hydroxyl groups excluding tert-OH is 1. The maximum absolute atomic E-state index is 13.7. The molecule has 0 bridgehead atoms. The number of fused-ring (bicyclic) bond motifs is 2. The zero-order chi connectivity index (χ0) is 50.5. The van der Waals surface area contributed by atoms with E-state index in [0.717, 1.165) is 89.7 Å². The number of halogens is 5. The molecule has 4 aliphatic heterocycles. The molecule has 10 rings (SSSR count). The first-order chi connectivity index (χ1) is 34.0. The summed E-state index contributed by atoms with van der Waals surface area (Å²) in [5.41, 5.74) is 1.20. The highest BCUT2D eigenvalue weighted by atomic mass is 35.5. The van der Waals surface area contributed by atoms with Crippen LogP contribution in [0.1, 0.15) is 51.4 Å². The molecule has 5 heterocycles. The molecule has 0 radical (unpaired) electrons. The lowest BCUT2D eigenvalue weighted by Crippen LogP contribution is -2.43. The van der Waals surface area contributed by atoms with Gasteiger partial charge >= 0.3 is 11.4 Å². The van der Waals surface area contributed by atoms with Gasteiger partial charge in [0.1, 0.15) is 30.4 Å². The van der Waals surface area contributed by atoms with Crippen LogP contribution in [0, 0.1) is 37.7 Å². The average molecular weight is 1020 g/mol. The number of aromatic nitrogens is 2. The lowest BCUT2D eigenvalue weighted by Gasteiger charge is -2.37. The molecule has 0 aliphatic carbocycles. The predicted molar refractivity (Wildman–Crippen MR) is 266 cm³/mol. The Bertz CT molecular complexity index is 2910. The molecule has 1 aromatic heterocycles. The Hall–Kier alpha value is -5.93. The van der Waals surface area contributed by atoms with Crippen molar-refractivity contribution in [1.29, 1.82) is 0 Å². The third-order valence-corrected chi connectivity index (χ3v) is 14.1. The minimum absolute atomic E-state index is 0.0488. The quantitative estimate of drug-likeness (QED) is 0.0867. The number of hydrogen-bond acceptors (Lipinski definition) is 14. The van der Waals surface area contributed by atoms with Crippen molar-refractivity contribution in [3.63, 3.8) is 0 Å². The molecule has 2 atom stereocenters. The van der Waals surface area contributed by atoms with Crippen LogP contribution >= 0.6 is 23.2 Å². The highest BCUT2D eigenvalue weighted by Gasteiger charge is 2.43. The third kappa shape index (κ3) is 12.4. The highest BCUT2D eigenvalue weighted by Crippen LogP contribution is 2.41. The van der Waals surface area contributed by atoms with E-state index in [0.29, 0.717) is 44.6 Å². The lowest BCUT2D eigenvalue weighted by atomic mass is 9.89. The van der Waals surface area contributed by atoms with Crippen LogP contribution in [0.15, 0.2) is 85.2 Å². The molecule has 16 nitrogen and oxygen atoms in total. The minimum atomic E-state index is -0.899. The first-order valence-corrected chi connectivity index (χ1v) is 24.0. The molecule has 21 heteroatoms. The summed E-state index contributed by atoms with van der Waals surface area (Å²) in [5.74, 6) is -1.53. The smallest absolute Gasteiger partial charge is 0.311 e. The number of benzene rings is 5. The standard InChI is InChI=1S/C24H25ClFN5O4.C16H9ClF2N2O2.C10H19NO2/c1-30-8-6-24(7-9-30)5-4-16(35-24)13-34-22-12-20-17(11-21(22)31(32)33)23(28-14-27-20)29-15-2-3-19(26)18(25)10-15;17-12-7-10(4-5-13(12)18)20-15-3-1-2-9-6-14(19)16(21(22)23)8-11(9)15;1-11-6-4-10(5-7-11)3-2-9(8-12)13-10/h2-3,10-12,14,16H,4-9,13H2,1H3,(H,27,28,29);1-8,20H;9,12H,2-8H2,1H3. The molecule has 376 valence electrons. The summed E-state index contributed by atoms with van der Waals surface area (Å²) >= 11 is 11.6. The van der Waals surface area contributed by atoms with E-state index >= 15 is 0 Å². The third-order valence-electron chi connectivity index (χ3n) is 13.5. The number of anilines is 4. The first kappa shape index (κ1) is 51.4. The molecule has 0 saturated carbocycles. The number of likely N-dealkylation sites (tertiary alicyclic amines) is 2. The fourth-order valence-corrected chi connectivity index (χ4v) is 9.77. The van der Waals surface area contributed by atoms with Crippen LogP contribution in [-0.4, -0.2) is 112 Å². The number of nitro groups is 2. The van der Waals surface area contributed by atoms with Crippen LogP contribution in [0.25, 0.3) is 21.7 Å². The van der Waals surface area contributed by atoms with E-state index < -0.39 is 33.0 Å². The molecule has 6 aromatic rings. The molecule has 3 N–H and O–H groups in total. The zero-order valence-electron chi connectivity index (χ0n) is 39.0. The van der Waals surface area contributed by atoms with Gasteiger partial charge in [-0.1, -0.05) is 35.3 Å². The van der Waals surface area contributed by atoms with E-state index in [1.807, 2.05) is 0 Å². The number of piperidine rings is 2. The van der Waals surface area contributed by atoms with Gasteiger partial charge in [-0.15, -0.1) is 0 Å². The highest BCUT2D eigenvalue weighted by molar-refractivity contribution is 6.31. The van der Waals surface area contributed by atoms with E-state index in [-0.39, 0.29) is 58.1 Å². The van der Waals surface area contributed by atoms with Crippen LogP contribution in [0.3, 0.4) is 0 Å². The second-order valence-electron chi connectivity index (χ2n) is 18.4. The van der Waals surface area contributed by atoms with Gasteiger partial charge in [0.2, 0.25) is 5.82 Å². The van der Waals surface area contributed by atoms with Crippen molar-refractivity contribution in [3.8, 4) is 5.75 Å². The molecule has 2 unspecified atom stereocenters. The van der Waals surface area contributed by atoms with Crippen LogP contribution in [0.2, 0.25) is 10.0 Å². The molecule has 71 heavy (non-hydrogen) atoms. The molecular formula is C50H53Cl2F3N8O8. The maximum atomic E-state index is 13.7. The van der Waals surface area contributed by atoms with Crippen molar-refractivity contribution in [3.05, 3.63) is 133 Å². The van der Waals surface area contributed by atoms with Crippen LogP contribution in [0.4, 0.5) is 47.4 Å². The number of aliphatic hydroxyl groups is 1. The number of rotatable bonds is 10. The summed E-state index contributed by atoms with van der Waals surface area (Å²) < 4.78 is 58.6. The summed E-state index contributed by atoms with van der Waals surface area (Å²) in [7, 11) is 4.27. The molecule has 4 saturated heterocycles. The van der Waals surface area contributed by atoms with Gasteiger partial charge in [-0.25, -0.2) is 18.7 Å². The molecule has 5 aromatic carbocycles. The van der Waals surface area contributed by atoms with Crippen LogP contribution < -0.4 is 15.4 Å². The Morgan fingerprint density at radius 2 is 1.28 bits per heavy atom. The normalized spacial score (nSPS) is 19.5. The Kier molecular flexibility index (Phi) is 16.1. The SMILES string of the molecule is CN1CCC2(CCC(CO)O2)CC1.CN1CCC2(CCC(COc3cc4ncnc(Nc5ccc(F)c(Cl)c5)c4cc3[N+](=O)[O-])O2)CC1.O=[N+]([O-])c1cc2c(Nc3ccc(F)c(Cl)c3)cccc2cc1F. The summed E-state index contributed by atoms with van der Waals surface area (Å²) in [6.07, 6.45) is 9.63. The monoisotopic (exact) mass is 1020 g/mol. The van der Waals surface area contributed by atoms with Gasteiger partial charge in [-0.2, -0.15) is 4.39 Å². The van der Waals surface area contributed by atoms with Gasteiger partial charge in [0.05, 0.1) is 60.8 Å². The Morgan fingerprint density at radius 1 is 0.718 bits per heavy atom. The number of hydrogen-bond donors (Lipinski definition) is 3. The number of nitrogens with one attached hydrogen (secondary N) is 2. The van der Waals surface area contributed by atoms with Crippen molar-refractivity contribution in [2.24, 2.45) is 0 Å². The second-order valence-corrected chi connectivity index (χ2v) is 19.2. The second kappa shape index (κ2) is 22.2. The zero-order valence-corrected chi connectivity index (χ0v) is 40.5. The Labute approximate surface area is 417 Å². The van der Waals surface area contributed by atoms with Gasteiger partial charge in [-0.05, 0) is 119 Å². The summed E-state index contributed by atoms with van der Waals surface area (Å²) in [6, 6.07) is 18.4. The van der Waals surface area contributed by atoms with Gasteiger partial charge in [0.25, 0.3) is 0 Å². The van der Waals surface area contributed by atoms with Gasteiger partial charge < -0.3 is 39.8 Å². The topological polar surface area (TPSA) is 191 Å². The minimum Gasteiger partial charge on any atom is -0.484 e. The Balaban J connectivity index is 0.000000160. The van der Waals surface area contributed by atoms with E-state index in [1.165, 1.54) is 54.9 Å². The fraction of sp³-hybridized carbons (Fsp3) is 0.400. The molecule has 4 fully saturated rings. The lowest BCUT2D eigenvalue weighted by molar-refractivity contribution is -0.387. The molecular weight excluding hydrogens is 968 g/mol. The number of ether oxygens (including phenoxy) is 3. The fourth-order valence-electron chi connectivity index (χ4n) is 9.41. The molecule has 0 amide bonds. The average Bonchev–Trinajstić information content (AvgIpc) is 3.96. The first-order valence-electron chi connectivity index (χ1n) is 23.2.